The molecular weight excluding hydrogens is 158 g/mol. The van der Waals surface area contributed by atoms with Gasteiger partial charge in [0.25, 0.3) is 0 Å². The molecule has 0 unspecified atom stereocenters. The number of nitrogens with zero attached hydrogens (tertiary/aromatic N) is 1. The Labute approximate surface area is 69.6 Å². The predicted molar refractivity (Wildman–Crippen MR) is 46.6 cm³/mol. The number of thiazole rings is 1. The van der Waals surface area contributed by atoms with E-state index in [0.717, 1.165) is 25.2 Å². The van der Waals surface area contributed by atoms with Crippen molar-refractivity contribution in [2.45, 2.75) is 19.4 Å². The highest BCUT2D eigenvalue weighted by Gasteiger charge is 2.11. The minimum atomic E-state index is 0.707. The van der Waals surface area contributed by atoms with Gasteiger partial charge in [0.1, 0.15) is 0 Å². The number of nitrogens with two attached hydrogens (primary N) is 1. The fourth-order valence-electron chi connectivity index (χ4n) is 1.32. The van der Waals surface area contributed by atoms with E-state index < -0.39 is 0 Å². The maximum absolute atomic E-state index is 5.59. The third-order valence-corrected chi connectivity index (χ3v) is 2.83. The Kier molecular flexibility index (Phi) is 1.79. The highest BCUT2D eigenvalue weighted by Crippen LogP contribution is 2.23. The maximum Gasteiger partial charge on any atom is 0.180 e. The molecule has 0 aliphatic carbocycles. The molecule has 2 rings (SSSR count). The monoisotopic (exact) mass is 169 g/mol. The fraction of sp³-hybridized carbons (Fsp3) is 0.571. The van der Waals surface area contributed by atoms with Crippen molar-refractivity contribution < 1.29 is 0 Å². The highest BCUT2D eigenvalue weighted by atomic mass is 32.1. The lowest BCUT2D eigenvalue weighted by molar-refractivity contribution is 0.675. The first-order valence-corrected chi connectivity index (χ1v) is 4.62. The van der Waals surface area contributed by atoms with E-state index in [-0.39, 0.29) is 0 Å². The minimum Gasteiger partial charge on any atom is -0.375 e. The van der Waals surface area contributed by atoms with Gasteiger partial charge in [-0.2, -0.15) is 0 Å². The molecular formula is C7H11N3S. The molecule has 0 amide bonds. The molecule has 0 spiro atoms. The fourth-order valence-corrected chi connectivity index (χ4v) is 2.21. The zero-order valence-electron chi connectivity index (χ0n) is 6.26. The number of hydrogen-bond donors (Lipinski definition) is 2. The Bertz CT molecular complexity index is 233. The Balaban J connectivity index is 2.32. The molecule has 60 valence electrons. The van der Waals surface area contributed by atoms with E-state index in [1.165, 1.54) is 11.3 Å². The molecule has 3 nitrogen and oxygen atoms in total. The summed E-state index contributed by atoms with van der Waals surface area (Å²) in [5.74, 6) is 0. The van der Waals surface area contributed by atoms with Crippen LogP contribution in [-0.2, 0) is 13.0 Å². The van der Waals surface area contributed by atoms with E-state index in [2.05, 4.69) is 10.3 Å². The molecule has 11 heavy (non-hydrogen) atoms. The molecule has 1 aliphatic heterocycles. The van der Waals surface area contributed by atoms with E-state index in [1.54, 1.807) is 11.3 Å². The standard InChI is InChI=1S/C7H11N3S/c8-7-10-5-4-9-3-1-2-6(5)11-7/h9H,1-4H2,(H2,8,10). The molecule has 0 saturated heterocycles. The molecule has 1 aromatic rings. The molecule has 1 aromatic heterocycles. The van der Waals surface area contributed by atoms with Gasteiger partial charge < -0.3 is 11.1 Å². The number of nitrogen functional groups attached to an aromatic ring is 1. The normalized spacial score (nSPS) is 17.5. The van der Waals surface area contributed by atoms with Gasteiger partial charge in [0.05, 0.1) is 5.69 Å². The van der Waals surface area contributed by atoms with Crippen LogP contribution < -0.4 is 11.1 Å². The van der Waals surface area contributed by atoms with Gasteiger partial charge in [-0.3, -0.25) is 0 Å². The SMILES string of the molecule is Nc1nc2c(s1)CCCNC2. The van der Waals surface area contributed by atoms with Crippen molar-refractivity contribution in [3.63, 3.8) is 0 Å². The van der Waals surface area contributed by atoms with Gasteiger partial charge in [-0.25, -0.2) is 4.98 Å². The summed E-state index contributed by atoms with van der Waals surface area (Å²) >= 11 is 1.63. The van der Waals surface area contributed by atoms with Crippen molar-refractivity contribution in [3.05, 3.63) is 10.6 Å². The van der Waals surface area contributed by atoms with Crippen LogP contribution in [0.5, 0.6) is 0 Å². The molecule has 1 aliphatic rings. The van der Waals surface area contributed by atoms with Gasteiger partial charge in [0.15, 0.2) is 5.13 Å². The number of aryl methyl sites for hydroxylation is 1. The summed E-state index contributed by atoms with van der Waals surface area (Å²) in [6.45, 7) is 1.99. The molecule has 2 heterocycles. The molecule has 0 atom stereocenters. The summed E-state index contributed by atoms with van der Waals surface area (Å²) in [6.07, 6.45) is 2.34. The summed E-state index contributed by atoms with van der Waals surface area (Å²) in [5.41, 5.74) is 6.75. The maximum atomic E-state index is 5.59. The summed E-state index contributed by atoms with van der Waals surface area (Å²) in [6, 6.07) is 0. The number of anilines is 1. The summed E-state index contributed by atoms with van der Waals surface area (Å²) in [7, 11) is 0. The van der Waals surface area contributed by atoms with Crippen molar-refractivity contribution >= 4 is 16.5 Å². The van der Waals surface area contributed by atoms with E-state index in [0.29, 0.717) is 5.13 Å². The first kappa shape index (κ1) is 7.06. The second-order valence-electron chi connectivity index (χ2n) is 2.70. The van der Waals surface area contributed by atoms with Crippen LogP contribution in [0.4, 0.5) is 5.13 Å². The zero-order valence-corrected chi connectivity index (χ0v) is 7.08. The predicted octanol–water partition coefficient (Wildman–Crippen LogP) is 0.761. The Morgan fingerprint density at radius 1 is 1.55 bits per heavy atom. The average molecular weight is 169 g/mol. The number of aromatic nitrogens is 1. The lowest BCUT2D eigenvalue weighted by Gasteiger charge is -1.94. The van der Waals surface area contributed by atoms with Crippen molar-refractivity contribution in [1.82, 2.24) is 10.3 Å². The molecule has 0 radical (unpaired) electrons. The second-order valence-corrected chi connectivity index (χ2v) is 3.82. The Morgan fingerprint density at radius 3 is 3.36 bits per heavy atom. The van der Waals surface area contributed by atoms with E-state index in [1.807, 2.05) is 0 Å². The van der Waals surface area contributed by atoms with Gasteiger partial charge in [0.2, 0.25) is 0 Å². The summed E-state index contributed by atoms with van der Waals surface area (Å²) in [4.78, 5) is 5.61. The largest absolute Gasteiger partial charge is 0.375 e. The van der Waals surface area contributed by atoms with Crippen LogP contribution in [-0.4, -0.2) is 11.5 Å². The van der Waals surface area contributed by atoms with Crippen LogP contribution in [0.1, 0.15) is 17.0 Å². The van der Waals surface area contributed by atoms with Gasteiger partial charge in [-0.1, -0.05) is 0 Å². The number of nitrogens with one attached hydrogen (secondary N) is 1. The Hall–Kier alpha value is -0.610. The molecule has 0 saturated carbocycles. The average Bonchev–Trinajstić information content (AvgIpc) is 2.17. The van der Waals surface area contributed by atoms with Crippen LogP contribution in [0.3, 0.4) is 0 Å². The Morgan fingerprint density at radius 2 is 2.45 bits per heavy atom. The quantitative estimate of drug-likeness (QED) is 0.603. The molecule has 0 aromatic carbocycles. The van der Waals surface area contributed by atoms with Gasteiger partial charge in [0, 0.05) is 11.4 Å². The van der Waals surface area contributed by atoms with Gasteiger partial charge >= 0.3 is 0 Å². The van der Waals surface area contributed by atoms with Crippen molar-refractivity contribution in [2.75, 3.05) is 12.3 Å². The van der Waals surface area contributed by atoms with E-state index in [9.17, 15) is 0 Å². The van der Waals surface area contributed by atoms with Crippen LogP contribution >= 0.6 is 11.3 Å². The van der Waals surface area contributed by atoms with Crippen LogP contribution in [0.2, 0.25) is 0 Å². The molecule has 0 fully saturated rings. The lowest BCUT2D eigenvalue weighted by Crippen LogP contribution is -2.12. The third-order valence-electron chi connectivity index (χ3n) is 1.84. The second kappa shape index (κ2) is 2.79. The summed E-state index contributed by atoms with van der Waals surface area (Å²) < 4.78 is 0. The van der Waals surface area contributed by atoms with E-state index in [4.69, 9.17) is 5.73 Å². The number of fused-ring (bicyclic) bond motifs is 1. The van der Waals surface area contributed by atoms with Gasteiger partial charge in [-0.15, -0.1) is 11.3 Å². The van der Waals surface area contributed by atoms with Crippen molar-refractivity contribution in [2.24, 2.45) is 0 Å². The number of rotatable bonds is 0. The molecule has 0 bridgehead atoms. The smallest absolute Gasteiger partial charge is 0.180 e. The first-order chi connectivity index (χ1) is 5.36. The summed E-state index contributed by atoms with van der Waals surface area (Å²) in [5, 5.41) is 4.01. The number of hydrogen-bond acceptors (Lipinski definition) is 4. The van der Waals surface area contributed by atoms with Crippen LogP contribution in [0.15, 0.2) is 0 Å². The highest BCUT2D eigenvalue weighted by molar-refractivity contribution is 7.15. The lowest BCUT2D eigenvalue weighted by atomic mass is 10.2. The van der Waals surface area contributed by atoms with Crippen LogP contribution in [0, 0.1) is 0 Å². The van der Waals surface area contributed by atoms with Crippen molar-refractivity contribution in [3.8, 4) is 0 Å². The third kappa shape index (κ3) is 1.36. The van der Waals surface area contributed by atoms with E-state index >= 15 is 0 Å². The first-order valence-electron chi connectivity index (χ1n) is 3.81. The van der Waals surface area contributed by atoms with Crippen molar-refractivity contribution in [1.29, 1.82) is 0 Å². The topological polar surface area (TPSA) is 50.9 Å². The van der Waals surface area contributed by atoms with Crippen LogP contribution in [0.25, 0.3) is 0 Å². The molecule has 4 heteroatoms. The zero-order chi connectivity index (χ0) is 7.68. The molecule has 3 N–H and O–H groups in total. The minimum absolute atomic E-state index is 0.707. The van der Waals surface area contributed by atoms with Gasteiger partial charge in [-0.05, 0) is 19.4 Å².